The first-order valence-corrected chi connectivity index (χ1v) is 11.0. The van der Waals surface area contributed by atoms with Crippen molar-refractivity contribution in [3.05, 3.63) is 29.8 Å². The number of anilines is 1. The number of benzene rings is 1. The summed E-state index contributed by atoms with van der Waals surface area (Å²) in [5, 5.41) is 2.96. The van der Waals surface area contributed by atoms with Gasteiger partial charge in [-0.3, -0.25) is 10.2 Å². The molecular formula is C23H38N2O2. The van der Waals surface area contributed by atoms with Crippen LogP contribution >= 0.6 is 0 Å². The number of carbonyl (C=O) groups is 1. The summed E-state index contributed by atoms with van der Waals surface area (Å²) in [5.41, 5.74) is 2.09. The van der Waals surface area contributed by atoms with Crippen LogP contribution < -0.4 is 5.32 Å². The van der Waals surface area contributed by atoms with Gasteiger partial charge in [-0.25, -0.2) is 4.79 Å². The number of piperidine rings is 1. The zero-order chi connectivity index (χ0) is 19.3. The highest BCUT2D eigenvalue weighted by Crippen LogP contribution is 2.19. The Morgan fingerprint density at radius 3 is 2.56 bits per heavy atom. The van der Waals surface area contributed by atoms with E-state index in [0.717, 1.165) is 31.7 Å². The second-order valence-corrected chi connectivity index (χ2v) is 7.88. The number of unbranched alkanes of at least 4 members (excludes halogenated alkanes) is 5. The highest BCUT2D eigenvalue weighted by molar-refractivity contribution is 5.85. The van der Waals surface area contributed by atoms with E-state index in [1.807, 2.05) is 25.1 Å². The summed E-state index contributed by atoms with van der Waals surface area (Å²) in [6.45, 7) is 7.30. The third-order valence-electron chi connectivity index (χ3n) is 5.33. The Kier molecular flexibility index (Phi) is 10.3. The standard InChI is InChI=1S/C23H38N2O2/c1-3-4-5-6-7-9-14-21-15-10-11-16-22(21)24-23(26)27-20(2)19-25-17-12-8-13-18-25/h10-11,15-16,20H,3-9,12-14,17-19H2,1-2H3,(H,24,26)/t20-/m0/s1. The number of amides is 1. The molecule has 0 bridgehead atoms. The fraction of sp³-hybridized carbons (Fsp3) is 0.696. The summed E-state index contributed by atoms with van der Waals surface area (Å²) in [6, 6.07) is 8.10. The zero-order valence-corrected chi connectivity index (χ0v) is 17.3. The number of carbonyl (C=O) groups excluding carboxylic acids is 1. The molecule has 0 unspecified atom stereocenters. The minimum atomic E-state index is -0.338. The average molecular weight is 375 g/mol. The highest BCUT2D eigenvalue weighted by Gasteiger charge is 2.17. The van der Waals surface area contributed by atoms with Crippen LogP contribution in [0.25, 0.3) is 0 Å². The minimum Gasteiger partial charge on any atom is -0.445 e. The van der Waals surface area contributed by atoms with E-state index in [4.69, 9.17) is 4.74 Å². The van der Waals surface area contributed by atoms with Crippen LogP contribution in [0.4, 0.5) is 10.5 Å². The number of hydrogen-bond donors (Lipinski definition) is 1. The molecule has 1 saturated heterocycles. The molecule has 1 aromatic rings. The van der Waals surface area contributed by atoms with Gasteiger partial charge in [-0.15, -0.1) is 0 Å². The van der Waals surface area contributed by atoms with Gasteiger partial charge in [0.25, 0.3) is 0 Å². The van der Waals surface area contributed by atoms with Gasteiger partial charge in [0.05, 0.1) is 0 Å². The number of rotatable bonds is 11. The molecule has 27 heavy (non-hydrogen) atoms. The SMILES string of the molecule is CCCCCCCCc1ccccc1NC(=O)O[C@@H](C)CN1CCCCC1. The topological polar surface area (TPSA) is 41.6 Å². The molecule has 1 fully saturated rings. The zero-order valence-electron chi connectivity index (χ0n) is 17.3. The maximum Gasteiger partial charge on any atom is 0.411 e. The van der Waals surface area contributed by atoms with Crippen molar-refractivity contribution < 1.29 is 9.53 Å². The van der Waals surface area contributed by atoms with Crippen LogP contribution in [0.1, 0.15) is 77.2 Å². The van der Waals surface area contributed by atoms with E-state index in [0.29, 0.717) is 0 Å². The molecule has 0 aromatic heterocycles. The highest BCUT2D eigenvalue weighted by atomic mass is 16.6. The second kappa shape index (κ2) is 12.8. The quantitative estimate of drug-likeness (QED) is 0.482. The summed E-state index contributed by atoms with van der Waals surface area (Å²) in [4.78, 5) is 14.7. The van der Waals surface area contributed by atoms with E-state index in [9.17, 15) is 4.79 Å². The van der Waals surface area contributed by atoms with Crippen molar-refractivity contribution in [2.75, 3.05) is 25.0 Å². The van der Waals surface area contributed by atoms with Gasteiger partial charge in [0.2, 0.25) is 0 Å². The Labute approximate surface area is 165 Å². The van der Waals surface area contributed by atoms with E-state index < -0.39 is 0 Å². The van der Waals surface area contributed by atoms with Gasteiger partial charge < -0.3 is 4.74 Å². The third kappa shape index (κ3) is 8.79. The van der Waals surface area contributed by atoms with Crippen LogP contribution in [0.5, 0.6) is 0 Å². The fourth-order valence-electron chi connectivity index (χ4n) is 3.82. The molecule has 0 spiro atoms. The maximum absolute atomic E-state index is 12.3. The lowest BCUT2D eigenvalue weighted by molar-refractivity contribution is 0.0833. The van der Waals surface area contributed by atoms with Crippen molar-refractivity contribution in [1.82, 2.24) is 4.90 Å². The first-order valence-electron chi connectivity index (χ1n) is 11.0. The summed E-state index contributed by atoms with van der Waals surface area (Å²) in [6.07, 6.45) is 12.1. The molecule has 0 saturated carbocycles. The van der Waals surface area contributed by atoms with Crippen molar-refractivity contribution in [3.8, 4) is 0 Å². The van der Waals surface area contributed by atoms with E-state index in [-0.39, 0.29) is 12.2 Å². The molecular weight excluding hydrogens is 336 g/mol. The summed E-state index contributed by atoms with van der Waals surface area (Å²) < 4.78 is 5.59. The van der Waals surface area contributed by atoms with Crippen molar-refractivity contribution in [2.24, 2.45) is 0 Å². The number of aryl methyl sites for hydroxylation is 1. The first kappa shape index (κ1) is 21.7. The Morgan fingerprint density at radius 2 is 1.78 bits per heavy atom. The summed E-state index contributed by atoms with van der Waals surface area (Å²) in [7, 11) is 0. The van der Waals surface area contributed by atoms with E-state index in [2.05, 4.69) is 23.2 Å². The number of likely N-dealkylation sites (tertiary alicyclic amines) is 1. The van der Waals surface area contributed by atoms with Crippen LogP contribution in [0.15, 0.2) is 24.3 Å². The van der Waals surface area contributed by atoms with Gasteiger partial charge >= 0.3 is 6.09 Å². The molecule has 1 aromatic carbocycles. The molecule has 0 radical (unpaired) electrons. The van der Waals surface area contributed by atoms with Crippen LogP contribution in [0, 0.1) is 0 Å². The number of nitrogens with zero attached hydrogens (tertiary/aromatic N) is 1. The van der Waals surface area contributed by atoms with Crippen molar-refractivity contribution in [2.45, 2.75) is 84.2 Å². The smallest absolute Gasteiger partial charge is 0.411 e. The molecule has 1 N–H and O–H groups in total. The second-order valence-electron chi connectivity index (χ2n) is 7.88. The average Bonchev–Trinajstić information content (AvgIpc) is 2.66. The van der Waals surface area contributed by atoms with Crippen LogP contribution in [-0.4, -0.2) is 36.7 Å². The number of para-hydroxylation sites is 1. The molecule has 1 aliphatic heterocycles. The molecule has 1 amide bonds. The summed E-state index contributed by atoms with van der Waals surface area (Å²) in [5.74, 6) is 0. The van der Waals surface area contributed by atoms with E-state index in [1.54, 1.807) is 0 Å². The Morgan fingerprint density at radius 1 is 1.07 bits per heavy atom. The molecule has 1 aliphatic rings. The Hall–Kier alpha value is -1.55. The monoisotopic (exact) mass is 374 g/mol. The third-order valence-corrected chi connectivity index (χ3v) is 5.33. The van der Waals surface area contributed by atoms with Gasteiger partial charge in [0.15, 0.2) is 0 Å². The largest absolute Gasteiger partial charge is 0.445 e. The predicted octanol–water partition coefficient (Wildman–Crippen LogP) is 6.01. The molecule has 0 aliphatic carbocycles. The number of ether oxygens (including phenoxy) is 1. The van der Waals surface area contributed by atoms with Gasteiger partial charge in [0, 0.05) is 12.2 Å². The van der Waals surface area contributed by atoms with Crippen LogP contribution in [0.2, 0.25) is 0 Å². The van der Waals surface area contributed by atoms with Crippen molar-refractivity contribution in [3.63, 3.8) is 0 Å². The minimum absolute atomic E-state index is 0.0890. The molecule has 152 valence electrons. The van der Waals surface area contributed by atoms with Crippen LogP contribution in [0.3, 0.4) is 0 Å². The lowest BCUT2D eigenvalue weighted by Gasteiger charge is -2.28. The molecule has 4 heteroatoms. The first-order chi connectivity index (χ1) is 13.2. The van der Waals surface area contributed by atoms with Gasteiger partial charge in [-0.1, -0.05) is 63.6 Å². The van der Waals surface area contributed by atoms with E-state index in [1.165, 1.54) is 63.4 Å². The van der Waals surface area contributed by atoms with Crippen LogP contribution in [-0.2, 0) is 11.2 Å². The van der Waals surface area contributed by atoms with E-state index >= 15 is 0 Å². The Balaban J connectivity index is 1.73. The molecule has 4 nitrogen and oxygen atoms in total. The van der Waals surface area contributed by atoms with Gasteiger partial charge in [-0.2, -0.15) is 0 Å². The normalized spacial score (nSPS) is 16.1. The number of nitrogens with one attached hydrogen (secondary N) is 1. The Bertz CT molecular complexity index is 541. The lowest BCUT2D eigenvalue weighted by atomic mass is 10.0. The van der Waals surface area contributed by atoms with Gasteiger partial charge in [-0.05, 0) is 57.3 Å². The van der Waals surface area contributed by atoms with Gasteiger partial charge in [0.1, 0.15) is 6.10 Å². The molecule has 2 rings (SSSR count). The van der Waals surface area contributed by atoms with Crippen molar-refractivity contribution >= 4 is 11.8 Å². The lowest BCUT2D eigenvalue weighted by Crippen LogP contribution is -2.37. The molecule has 1 atom stereocenters. The maximum atomic E-state index is 12.3. The number of hydrogen-bond acceptors (Lipinski definition) is 3. The molecule has 1 heterocycles. The summed E-state index contributed by atoms with van der Waals surface area (Å²) >= 11 is 0. The predicted molar refractivity (Wildman–Crippen MR) is 113 cm³/mol. The fourth-order valence-corrected chi connectivity index (χ4v) is 3.82. The van der Waals surface area contributed by atoms with Crippen molar-refractivity contribution in [1.29, 1.82) is 0 Å².